The molecular formula is C6H15O2Si. The highest BCUT2D eigenvalue weighted by atomic mass is 28.1. The summed E-state index contributed by atoms with van der Waals surface area (Å²) in [6.07, 6.45) is 0.868. The van der Waals surface area contributed by atoms with E-state index in [1.807, 2.05) is 0 Å². The molecule has 0 aromatic carbocycles. The second kappa shape index (κ2) is 4.96. The molecule has 3 heteroatoms. The summed E-state index contributed by atoms with van der Waals surface area (Å²) in [7, 11) is 4.40. The number of hydrogen-bond donors (Lipinski definition) is 0. The lowest BCUT2D eigenvalue weighted by Gasteiger charge is -2.18. The number of hydrogen-bond acceptors (Lipinski definition) is 2. The summed E-state index contributed by atoms with van der Waals surface area (Å²) in [6, 6.07) is 0. The van der Waals surface area contributed by atoms with Crippen molar-refractivity contribution >= 4 is 10.2 Å². The van der Waals surface area contributed by atoms with Gasteiger partial charge in [0.2, 0.25) is 0 Å². The first-order chi connectivity index (χ1) is 4.26. The highest BCUT2D eigenvalue weighted by molar-refractivity contribution is 6.11. The second-order valence-corrected chi connectivity index (χ2v) is 3.59. The summed E-state index contributed by atoms with van der Waals surface area (Å²) in [5.41, 5.74) is 0.514. The fourth-order valence-corrected chi connectivity index (χ4v) is 1.24. The molecular weight excluding hydrogens is 132 g/mol. The SMILES string of the molecule is [CH2]CC([SiH3])C(OC)OC. The Morgan fingerprint density at radius 3 is 2.00 bits per heavy atom. The van der Waals surface area contributed by atoms with Crippen LogP contribution in [-0.4, -0.2) is 30.8 Å². The molecule has 0 fully saturated rings. The van der Waals surface area contributed by atoms with Crippen molar-refractivity contribution in [1.29, 1.82) is 0 Å². The van der Waals surface area contributed by atoms with Crippen LogP contribution >= 0.6 is 0 Å². The molecule has 0 spiro atoms. The van der Waals surface area contributed by atoms with Gasteiger partial charge in [-0.1, -0.05) is 6.92 Å². The zero-order valence-electron chi connectivity index (χ0n) is 6.39. The second-order valence-electron chi connectivity index (χ2n) is 2.11. The van der Waals surface area contributed by atoms with E-state index in [1.54, 1.807) is 14.2 Å². The largest absolute Gasteiger partial charge is 0.356 e. The Bertz CT molecular complexity index is 64.1. The van der Waals surface area contributed by atoms with Crippen LogP contribution in [0.1, 0.15) is 6.42 Å². The van der Waals surface area contributed by atoms with E-state index in [-0.39, 0.29) is 6.29 Å². The van der Waals surface area contributed by atoms with Crippen molar-refractivity contribution < 1.29 is 9.47 Å². The van der Waals surface area contributed by atoms with Gasteiger partial charge >= 0.3 is 0 Å². The quantitative estimate of drug-likeness (QED) is 0.411. The van der Waals surface area contributed by atoms with Crippen molar-refractivity contribution in [1.82, 2.24) is 0 Å². The molecule has 1 atom stereocenters. The van der Waals surface area contributed by atoms with Gasteiger partial charge in [0.15, 0.2) is 6.29 Å². The van der Waals surface area contributed by atoms with Crippen LogP contribution in [0.2, 0.25) is 5.54 Å². The van der Waals surface area contributed by atoms with E-state index in [0.29, 0.717) is 5.54 Å². The summed E-state index contributed by atoms with van der Waals surface area (Å²) in [4.78, 5) is 0. The maximum Gasteiger partial charge on any atom is 0.156 e. The Morgan fingerprint density at radius 1 is 1.44 bits per heavy atom. The van der Waals surface area contributed by atoms with Crippen molar-refractivity contribution in [3.8, 4) is 0 Å². The van der Waals surface area contributed by atoms with Gasteiger partial charge in [0.1, 0.15) is 0 Å². The van der Waals surface area contributed by atoms with Crippen molar-refractivity contribution in [3.05, 3.63) is 6.92 Å². The van der Waals surface area contributed by atoms with Crippen LogP contribution in [0, 0.1) is 6.92 Å². The molecule has 1 radical (unpaired) electrons. The molecule has 0 bridgehead atoms. The minimum absolute atomic E-state index is 0.0332. The van der Waals surface area contributed by atoms with E-state index in [9.17, 15) is 0 Å². The summed E-state index contributed by atoms with van der Waals surface area (Å²) in [5, 5.41) is 0. The van der Waals surface area contributed by atoms with Gasteiger partial charge in [0, 0.05) is 24.5 Å². The van der Waals surface area contributed by atoms with E-state index in [4.69, 9.17) is 9.47 Å². The molecule has 0 heterocycles. The third kappa shape index (κ3) is 2.98. The predicted molar refractivity (Wildman–Crippen MR) is 41.5 cm³/mol. The van der Waals surface area contributed by atoms with E-state index in [1.165, 1.54) is 0 Å². The molecule has 0 rings (SSSR count). The Kier molecular flexibility index (Phi) is 5.04. The van der Waals surface area contributed by atoms with Crippen LogP contribution in [0.3, 0.4) is 0 Å². The molecule has 0 aliphatic heterocycles. The summed E-state index contributed by atoms with van der Waals surface area (Å²) in [6.45, 7) is 3.78. The minimum Gasteiger partial charge on any atom is -0.356 e. The van der Waals surface area contributed by atoms with Crippen molar-refractivity contribution in [3.63, 3.8) is 0 Å². The van der Waals surface area contributed by atoms with E-state index < -0.39 is 0 Å². The minimum atomic E-state index is -0.0332. The lowest BCUT2D eigenvalue weighted by molar-refractivity contribution is -0.104. The fourth-order valence-electron chi connectivity index (χ4n) is 0.697. The first-order valence-corrected chi connectivity index (χ1v) is 4.26. The molecule has 0 aromatic heterocycles. The summed E-state index contributed by atoms with van der Waals surface area (Å²) in [5.74, 6) is 0. The Hall–Kier alpha value is 0.137. The van der Waals surface area contributed by atoms with Crippen molar-refractivity contribution in [2.45, 2.75) is 18.3 Å². The number of methoxy groups -OCH3 is 2. The van der Waals surface area contributed by atoms with Gasteiger partial charge in [-0.05, 0) is 12.0 Å². The normalized spacial score (nSPS) is 14.7. The standard InChI is InChI=1S/C6H15O2Si/c1-4-5(9)6(7-2)8-3/h5-6H,1,4H2,2-3,9H3. The van der Waals surface area contributed by atoms with Crippen molar-refractivity contribution in [2.75, 3.05) is 14.2 Å². The topological polar surface area (TPSA) is 18.5 Å². The van der Waals surface area contributed by atoms with Gasteiger partial charge in [-0.3, -0.25) is 0 Å². The summed E-state index contributed by atoms with van der Waals surface area (Å²) < 4.78 is 10.0. The molecule has 2 nitrogen and oxygen atoms in total. The van der Waals surface area contributed by atoms with Gasteiger partial charge in [0.25, 0.3) is 0 Å². The Morgan fingerprint density at radius 2 is 1.89 bits per heavy atom. The van der Waals surface area contributed by atoms with Crippen LogP contribution in [0.25, 0.3) is 0 Å². The first kappa shape index (κ1) is 9.14. The average molecular weight is 147 g/mol. The third-order valence-electron chi connectivity index (χ3n) is 1.38. The van der Waals surface area contributed by atoms with E-state index in [2.05, 4.69) is 6.92 Å². The molecule has 0 aliphatic rings. The predicted octanol–water partition coefficient (Wildman–Crippen LogP) is -0.0166. The fraction of sp³-hybridized carbons (Fsp3) is 0.833. The maximum atomic E-state index is 5.02. The highest BCUT2D eigenvalue weighted by Gasteiger charge is 2.12. The Labute approximate surface area is 60.0 Å². The van der Waals surface area contributed by atoms with E-state index >= 15 is 0 Å². The molecule has 0 amide bonds. The molecule has 55 valence electrons. The molecule has 0 saturated heterocycles. The number of ether oxygens (including phenoxy) is 2. The zero-order chi connectivity index (χ0) is 7.28. The van der Waals surface area contributed by atoms with Gasteiger partial charge in [0.05, 0.1) is 0 Å². The summed E-state index contributed by atoms with van der Waals surface area (Å²) >= 11 is 0. The van der Waals surface area contributed by atoms with Crippen LogP contribution in [-0.2, 0) is 9.47 Å². The molecule has 0 aromatic rings. The lowest BCUT2D eigenvalue weighted by atomic mass is 10.3. The first-order valence-electron chi connectivity index (χ1n) is 3.11. The van der Waals surface area contributed by atoms with Gasteiger partial charge in [-0.2, -0.15) is 0 Å². The average Bonchev–Trinajstić information content (AvgIpc) is 1.90. The van der Waals surface area contributed by atoms with Crippen LogP contribution in [0.5, 0.6) is 0 Å². The lowest BCUT2D eigenvalue weighted by Crippen LogP contribution is -2.19. The van der Waals surface area contributed by atoms with Crippen LogP contribution in [0.4, 0.5) is 0 Å². The molecule has 0 aliphatic carbocycles. The zero-order valence-corrected chi connectivity index (χ0v) is 8.39. The maximum absolute atomic E-state index is 5.02. The van der Waals surface area contributed by atoms with Gasteiger partial charge in [-0.15, -0.1) is 0 Å². The molecule has 0 saturated carbocycles. The van der Waals surface area contributed by atoms with E-state index in [0.717, 1.165) is 16.7 Å². The third-order valence-corrected chi connectivity index (χ3v) is 2.51. The smallest absolute Gasteiger partial charge is 0.156 e. The van der Waals surface area contributed by atoms with Crippen LogP contribution < -0.4 is 0 Å². The Balaban J connectivity index is 3.50. The van der Waals surface area contributed by atoms with Crippen molar-refractivity contribution in [2.24, 2.45) is 0 Å². The molecule has 0 N–H and O–H groups in total. The van der Waals surface area contributed by atoms with Gasteiger partial charge < -0.3 is 9.47 Å². The monoisotopic (exact) mass is 147 g/mol. The molecule has 1 unspecified atom stereocenters. The van der Waals surface area contributed by atoms with Gasteiger partial charge in [-0.25, -0.2) is 0 Å². The van der Waals surface area contributed by atoms with Crippen LogP contribution in [0.15, 0.2) is 0 Å². The molecule has 9 heavy (non-hydrogen) atoms. The highest BCUT2D eigenvalue weighted by Crippen LogP contribution is 2.13. The number of rotatable bonds is 4.